The number of hydrogen-bond acceptors (Lipinski definition) is 7. The number of fused-ring (bicyclic) bond motifs is 3. The first-order valence-electron chi connectivity index (χ1n) is 10.9. The zero-order valence-electron chi connectivity index (χ0n) is 17.7. The van der Waals surface area contributed by atoms with Crippen molar-refractivity contribution in [1.29, 1.82) is 0 Å². The third-order valence-electron chi connectivity index (χ3n) is 6.52. The van der Waals surface area contributed by atoms with Crippen LogP contribution in [-0.2, 0) is 19.4 Å². The van der Waals surface area contributed by atoms with Gasteiger partial charge in [-0.25, -0.2) is 8.42 Å². The molecule has 0 bridgehead atoms. The predicted octanol–water partition coefficient (Wildman–Crippen LogP) is 3.10. The minimum absolute atomic E-state index is 0.00302. The monoisotopic (exact) mass is 455 g/mol. The van der Waals surface area contributed by atoms with Crippen molar-refractivity contribution < 1.29 is 27.2 Å². The second kappa shape index (κ2) is 8.33. The average Bonchev–Trinajstić information content (AvgIpc) is 3.19. The van der Waals surface area contributed by atoms with Crippen molar-refractivity contribution >= 4 is 43.1 Å². The molecule has 1 aromatic heterocycles. The summed E-state index contributed by atoms with van der Waals surface area (Å²) in [4.78, 5) is 26.2. The van der Waals surface area contributed by atoms with Crippen molar-refractivity contribution in [3.63, 3.8) is 0 Å². The van der Waals surface area contributed by atoms with Crippen molar-refractivity contribution in [2.45, 2.75) is 25.2 Å². The summed E-state index contributed by atoms with van der Waals surface area (Å²) >= 11 is 0. The Morgan fingerprint density at radius 1 is 1.09 bits per heavy atom. The Balaban J connectivity index is 1.34. The lowest BCUT2D eigenvalue weighted by Gasteiger charge is -2.26. The molecule has 2 aliphatic rings. The van der Waals surface area contributed by atoms with Crippen molar-refractivity contribution in [1.82, 2.24) is 4.90 Å². The van der Waals surface area contributed by atoms with E-state index in [9.17, 15) is 18.0 Å². The molecule has 2 aromatic carbocycles. The van der Waals surface area contributed by atoms with Gasteiger partial charge in [0.25, 0.3) is 0 Å². The summed E-state index contributed by atoms with van der Waals surface area (Å²) in [7, 11) is -2.88. The van der Waals surface area contributed by atoms with Crippen molar-refractivity contribution in [3.05, 3.63) is 42.2 Å². The molecule has 1 atom stereocenters. The molecule has 2 heterocycles. The zero-order valence-corrected chi connectivity index (χ0v) is 18.5. The third kappa shape index (κ3) is 4.17. The lowest BCUT2D eigenvalue weighted by atomic mass is 9.81. The van der Waals surface area contributed by atoms with Crippen LogP contribution in [-0.4, -0.2) is 62.6 Å². The molecule has 8 heteroatoms. The standard InChI is InChI=1S/C24H25NO6S/c26-17-2-4-20(22(27)14-17)21-15-31-23-6-1-16-13-18(3-5-19(16)24(21)23)30-10-7-25-8-11-32(28,29)12-9-25/h1,3,5-6,13,15,20H,2,4,7-12,14H2/t20-/m0/s1. The van der Waals surface area contributed by atoms with E-state index in [-0.39, 0.29) is 35.4 Å². The van der Waals surface area contributed by atoms with Gasteiger partial charge >= 0.3 is 0 Å². The van der Waals surface area contributed by atoms with E-state index >= 15 is 0 Å². The average molecular weight is 456 g/mol. The molecule has 0 spiro atoms. The molecule has 1 saturated carbocycles. The van der Waals surface area contributed by atoms with Crippen molar-refractivity contribution in [2.75, 3.05) is 37.7 Å². The molecule has 2 fully saturated rings. The fourth-order valence-electron chi connectivity index (χ4n) is 4.68. The van der Waals surface area contributed by atoms with Crippen LogP contribution >= 0.6 is 0 Å². The van der Waals surface area contributed by atoms with E-state index < -0.39 is 9.84 Å². The van der Waals surface area contributed by atoms with Gasteiger partial charge in [-0.2, -0.15) is 0 Å². The Labute approximate surface area is 186 Å². The highest BCUT2D eigenvalue weighted by Crippen LogP contribution is 2.38. The number of ether oxygens (including phenoxy) is 1. The first-order chi connectivity index (χ1) is 15.4. The smallest absolute Gasteiger partial charge is 0.152 e. The molecule has 7 nitrogen and oxygen atoms in total. The second-order valence-electron chi connectivity index (χ2n) is 8.63. The van der Waals surface area contributed by atoms with Crippen LogP contribution in [0.3, 0.4) is 0 Å². The van der Waals surface area contributed by atoms with Crippen LogP contribution in [0.4, 0.5) is 0 Å². The van der Waals surface area contributed by atoms with Gasteiger partial charge in [0, 0.05) is 42.9 Å². The fourth-order valence-corrected chi connectivity index (χ4v) is 5.96. The maximum absolute atomic E-state index is 12.5. The summed E-state index contributed by atoms with van der Waals surface area (Å²) in [6.07, 6.45) is 2.62. The first kappa shape index (κ1) is 21.2. The summed E-state index contributed by atoms with van der Waals surface area (Å²) < 4.78 is 34.8. The van der Waals surface area contributed by atoms with E-state index in [0.29, 0.717) is 39.1 Å². The van der Waals surface area contributed by atoms with Crippen LogP contribution in [0.2, 0.25) is 0 Å². The third-order valence-corrected chi connectivity index (χ3v) is 8.12. The summed E-state index contributed by atoms with van der Waals surface area (Å²) in [6.45, 7) is 2.27. The van der Waals surface area contributed by atoms with Crippen molar-refractivity contribution in [3.8, 4) is 5.75 Å². The largest absolute Gasteiger partial charge is 0.492 e. The number of Topliss-reactive ketones (excluding diaryl/α,β-unsaturated/α-hetero) is 2. The SMILES string of the molecule is O=C1CC[C@@H](c2coc3ccc4cc(OCCN5CCS(=O)(=O)CC5)ccc4c23)C(=O)C1. The van der Waals surface area contributed by atoms with Gasteiger partial charge in [0.15, 0.2) is 9.84 Å². The number of carbonyl (C=O) groups is 2. The molecule has 5 rings (SSSR count). The molecule has 32 heavy (non-hydrogen) atoms. The molecule has 0 amide bonds. The summed E-state index contributed by atoms with van der Waals surface area (Å²) in [6, 6.07) is 9.74. The number of furan rings is 1. The summed E-state index contributed by atoms with van der Waals surface area (Å²) in [5, 5.41) is 2.90. The maximum atomic E-state index is 12.5. The van der Waals surface area contributed by atoms with Crippen LogP contribution in [0.5, 0.6) is 5.75 Å². The number of benzene rings is 2. The maximum Gasteiger partial charge on any atom is 0.152 e. The Hall–Kier alpha value is -2.71. The van der Waals surface area contributed by atoms with Crippen molar-refractivity contribution in [2.24, 2.45) is 0 Å². The van der Waals surface area contributed by atoms with Crippen LogP contribution in [0.15, 0.2) is 41.0 Å². The number of hydrogen-bond donors (Lipinski definition) is 0. The zero-order chi connectivity index (χ0) is 22.3. The summed E-state index contributed by atoms with van der Waals surface area (Å²) in [5.74, 6) is 0.839. The molecule has 1 saturated heterocycles. The second-order valence-corrected chi connectivity index (χ2v) is 10.9. The van der Waals surface area contributed by atoms with Crippen LogP contribution in [0, 0.1) is 0 Å². The van der Waals surface area contributed by atoms with Crippen LogP contribution in [0.25, 0.3) is 21.7 Å². The number of ketones is 2. The van der Waals surface area contributed by atoms with E-state index in [1.165, 1.54) is 0 Å². The molecule has 0 unspecified atom stereocenters. The molecule has 1 aliphatic carbocycles. The Morgan fingerprint density at radius 2 is 1.91 bits per heavy atom. The number of sulfone groups is 1. The number of carbonyl (C=O) groups excluding carboxylic acids is 2. The van der Waals surface area contributed by atoms with E-state index in [0.717, 1.165) is 33.1 Å². The van der Waals surface area contributed by atoms with Gasteiger partial charge in [-0.3, -0.25) is 14.5 Å². The normalized spacial score (nSPS) is 21.9. The summed E-state index contributed by atoms with van der Waals surface area (Å²) in [5.41, 5.74) is 1.59. The fraction of sp³-hybridized carbons (Fsp3) is 0.417. The first-order valence-corrected chi connectivity index (χ1v) is 12.8. The highest BCUT2D eigenvalue weighted by molar-refractivity contribution is 7.91. The molecule has 168 valence electrons. The van der Waals surface area contributed by atoms with Gasteiger partial charge in [0.1, 0.15) is 29.5 Å². The minimum Gasteiger partial charge on any atom is -0.492 e. The molecule has 0 radical (unpaired) electrons. The van der Waals surface area contributed by atoms with Gasteiger partial charge < -0.3 is 9.15 Å². The van der Waals surface area contributed by atoms with Gasteiger partial charge in [0.05, 0.1) is 24.2 Å². The van der Waals surface area contributed by atoms with E-state index in [1.54, 1.807) is 6.26 Å². The Bertz CT molecular complexity index is 1290. The van der Waals surface area contributed by atoms with Gasteiger partial charge in [-0.05, 0) is 41.5 Å². The topological polar surface area (TPSA) is 93.9 Å². The molecular weight excluding hydrogens is 430 g/mol. The van der Waals surface area contributed by atoms with Gasteiger partial charge in [-0.15, -0.1) is 0 Å². The molecule has 3 aromatic rings. The van der Waals surface area contributed by atoms with E-state index in [2.05, 4.69) is 4.90 Å². The van der Waals surface area contributed by atoms with E-state index in [1.807, 2.05) is 30.3 Å². The Kier molecular flexibility index (Phi) is 5.51. The predicted molar refractivity (Wildman–Crippen MR) is 121 cm³/mol. The molecular formula is C24H25NO6S. The lowest BCUT2D eigenvalue weighted by molar-refractivity contribution is -0.130. The van der Waals surface area contributed by atoms with Gasteiger partial charge in [0.2, 0.25) is 0 Å². The van der Waals surface area contributed by atoms with Crippen LogP contribution < -0.4 is 4.74 Å². The lowest BCUT2D eigenvalue weighted by Crippen LogP contribution is -2.42. The number of nitrogens with zero attached hydrogens (tertiary/aromatic N) is 1. The highest BCUT2D eigenvalue weighted by atomic mass is 32.2. The molecule has 1 aliphatic heterocycles. The van der Waals surface area contributed by atoms with Gasteiger partial charge in [-0.1, -0.05) is 6.07 Å². The minimum atomic E-state index is -2.88. The quantitative estimate of drug-likeness (QED) is 0.546. The van der Waals surface area contributed by atoms with E-state index in [4.69, 9.17) is 9.15 Å². The molecule has 0 N–H and O–H groups in total. The van der Waals surface area contributed by atoms with Crippen LogP contribution in [0.1, 0.15) is 30.7 Å². The number of rotatable bonds is 5. The Morgan fingerprint density at radius 3 is 2.69 bits per heavy atom. The highest BCUT2D eigenvalue weighted by Gasteiger charge is 2.31.